The van der Waals surface area contributed by atoms with Crippen LogP contribution in [0.5, 0.6) is 0 Å². The fourth-order valence-corrected chi connectivity index (χ4v) is 2.95. The molecule has 0 spiro atoms. The summed E-state index contributed by atoms with van der Waals surface area (Å²) in [6.07, 6.45) is 2.53. The van der Waals surface area contributed by atoms with E-state index in [-0.39, 0.29) is 17.4 Å². The number of carbonyl (C=O) groups excluding carboxylic acids is 1. The molecule has 0 fully saturated rings. The first kappa shape index (κ1) is 15.7. The molecule has 0 amide bonds. The molecule has 23 heavy (non-hydrogen) atoms. The zero-order valence-corrected chi connectivity index (χ0v) is 14.2. The molecular weight excluding hydrogens is 290 g/mol. The van der Waals surface area contributed by atoms with Crippen molar-refractivity contribution >= 4 is 5.97 Å². The molecular formula is C18H23N3O2. The maximum Gasteiger partial charge on any atom is 0.330 e. The zero-order chi connectivity index (χ0) is 16.6. The molecule has 1 unspecified atom stereocenters. The summed E-state index contributed by atoms with van der Waals surface area (Å²) < 4.78 is 6.63. The molecule has 0 N–H and O–H groups in total. The number of aromatic nitrogens is 3. The normalized spacial score (nSPS) is 17.7. The number of fused-ring (bicyclic) bond motifs is 1. The standard InChI is InChI=1S/C18H23N3O2/c1-18(2,3)13-10-8-12(9-11-13)16-19-15-7-5-6-14(17(22)23-4)21(15)20-16/h8-11,14H,5-7H2,1-4H3. The molecule has 2 heterocycles. The van der Waals surface area contributed by atoms with Gasteiger partial charge in [0.05, 0.1) is 7.11 Å². The van der Waals surface area contributed by atoms with Gasteiger partial charge in [0.2, 0.25) is 0 Å². The van der Waals surface area contributed by atoms with Crippen molar-refractivity contribution in [2.45, 2.75) is 51.5 Å². The maximum atomic E-state index is 11.9. The van der Waals surface area contributed by atoms with Crippen LogP contribution < -0.4 is 0 Å². The summed E-state index contributed by atoms with van der Waals surface area (Å²) in [5.41, 5.74) is 2.37. The highest BCUT2D eigenvalue weighted by atomic mass is 16.5. The lowest BCUT2D eigenvalue weighted by Gasteiger charge is -2.20. The Kier molecular flexibility index (Phi) is 3.96. The van der Waals surface area contributed by atoms with E-state index < -0.39 is 0 Å². The smallest absolute Gasteiger partial charge is 0.330 e. The van der Waals surface area contributed by atoms with Gasteiger partial charge < -0.3 is 4.74 Å². The Morgan fingerprint density at radius 3 is 2.57 bits per heavy atom. The van der Waals surface area contributed by atoms with Gasteiger partial charge in [0, 0.05) is 12.0 Å². The maximum absolute atomic E-state index is 11.9. The molecule has 1 aliphatic heterocycles. The van der Waals surface area contributed by atoms with E-state index in [4.69, 9.17) is 4.74 Å². The molecule has 0 bridgehead atoms. The van der Waals surface area contributed by atoms with E-state index in [2.05, 4.69) is 55.1 Å². The molecule has 122 valence electrons. The van der Waals surface area contributed by atoms with Crippen molar-refractivity contribution in [3.63, 3.8) is 0 Å². The van der Waals surface area contributed by atoms with Gasteiger partial charge >= 0.3 is 5.97 Å². The quantitative estimate of drug-likeness (QED) is 0.798. The fourth-order valence-electron chi connectivity index (χ4n) is 2.95. The van der Waals surface area contributed by atoms with Crippen molar-refractivity contribution in [1.82, 2.24) is 14.8 Å². The Hall–Kier alpha value is -2.17. The van der Waals surface area contributed by atoms with Crippen molar-refractivity contribution in [2.75, 3.05) is 7.11 Å². The molecule has 1 aromatic carbocycles. The van der Waals surface area contributed by atoms with Crippen molar-refractivity contribution in [3.05, 3.63) is 35.7 Å². The summed E-state index contributed by atoms with van der Waals surface area (Å²) in [5.74, 6) is 1.29. The van der Waals surface area contributed by atoms with Crippen LogP contribution in [0.2, 0.25) is 0 Å². The summed E-state index contributed by atoms with van der Waals surface area (Å²) in [7, 11) is 1.42. The van der Waals surface area contributed by atoms with E-state index in [0.29, 0.717) is 5.82 Å². The van der Waals surface area contributed by atoms with Crippen LogP contribution in [-0.4, -0.2) is 27.8 Å². The molecule has 2 aromatic rings. The topological polar surface area (TPSA) is 57.0 Å². The highest BCUT2D eigenvalue weighted by Crippen LogP contribution is 2.28. The van der Waals surface area contributed by atoms with Gasteiger partial charge in [0.15, 0.2) is 11.9 Å². The number of aryl methyl sites for hydroxylation is 1. The molecule has 0 radical (unpaired) electrons. The summed E-state index contributed by atoms with van der Waals surface area (Å²) >= 11 is 0. The van der Waals surface area contributed by atoms with Crippen molar-refractivity contribution < 1.29 is 9.53 Å². The Morgan fingerprint density at radius 1 is 1.26 bits per heavy atom. The number of methoxy groups -OCH3 is 1. The predicted molar refractivity (Wildman–Crippen MR) is 88.1 cm³/mol. The van der Waals surface area contributed by atoms with E-state index in [1.165, 1.54) is 12.7 Å². The third-order valence-electron chi connectivity index (χ3n) is 4.36. The van der Waals surface area contributed by atoms with Gasteiger partial charge in [0.25, 0.3) is 0 Å². The number of esters is 1. The van der Waals surface area contributed by atoms with E-state index in [9.17, 15) is 4.79 Å². The number of carbonyl (C=O) groups is 1. The average molecular weight is 313 g/mol. The third-order valence-corrected chi connectivity index (χ3v) is 4.36. The highest BCUT2D eigenvalue weighted by Gasteiger charge is 2.29. The summed E-state index contributed by atoms with van der Waals surface area (Å²) in [6, 6.07) is 7.99. The lowest BCUT2D eigenvalue weighted by Crippen LogP contribution is -2.27. The minimum atomic E-state index is -0.348. The molecule has 1 aliphatic rings. The zero-order valence-electron chi connectivity index (χ0n) is 14.2. The number of rotatable bonds is 2. The molecule has 0 aliphatic carbocycles. The van der Waals surface area contributed by atoms with E-state index in [0.717, 1.165) is 30.7 Å². The fraction of sp³-hybridized carbons (Fsp3) is 0.500. The number of benzene rings is 1. The molecule has 3 rings (SSSR count). The number of ether oxygens (including phenoxy) is 1. The summed E-state index contributed by atoms with van der Waals surface area (Å²) in [6.45, 7) is 6.57. The monoisotopic (exact) mass is 313 g/mol. The third kappa shape index (κ3) is 3.00. The van der Waals surface area contributed by atoms with Crippen LogP contribution in [0, 0.1) is 0 Å². The molecule has 5 nitrogen and oxygen atoms in total. The van der Waals surface area contributed by atoms with Gasteiger partial charge in [-0.05, 0) is 23.8 Å². The molecule has 1 aromatic heterocycles. The van der Waals surface area contributed by atoms with Crippen LogP contribution in [-0.2, 0) is 21.4 Å². The van der Waals surface area contributed by atoms with Crippen LogP contribution in [0.1, 0.15) is 51.0 Å². The predicted octanol–water partition coefficient (Wildman–Crippen LogP) is 3.29. The largest absolute Gasteiger partial charge is 0.467 e. The van der Waals surface area contributed by atoms with Gasteiger partial charge in [0.1, 0.15) is 5.82 Å². The van der Waals surface area contributed by atoms with Crippen molar-refractivity contribution in [3.8, 4) is 11.4 Å². The molecule has 0 saturated carbocycles. The van der Waals surface area contributed by atoms with Crippen molar-refractivity contribution in [1.29, 1.82) is 0 Å². The van der Waals surface area contributed by atoms with E-state index in [1.54, 1.807) is 4.68 Å². The van der Waals surface area contributed by atoms with Gasteiger partial charge in [-0.15, -0.1) is 5.10 Å². The van der Waals surface area contributed by atoms with E-state index in [1.807, 2.05) is 0 Å². The molecule has 1 atom stereocenters. The second kappa shape index (κ2) is 5.80. The highest BCUT2D eigenvalue weighted by molar-refractivity contribution is 5.74. The van der Waals surface area contributed by atoms with E-state index >= 15 is 0 Å². The Balaban J connectivity index is 1.93. The Bertz CT molecular complexity index is 711. The number of nitrogens with zero attached hydrogens (tertiary/aromatic N) is 3. The first-order valence-electron chi connectivity index (χ1n) is 8.04. The van der Waals surface area contributed by atoms with Gasteiger partial charge in [-0.3, -0.25) is 0 Å². The van der Waals surface area contributed by atoms with Crippen molar-refractivity contribution in [2.24, 2.45) is 0 Å². The lowest BCUT2D eigenvalue weighted by molar-refractivity contribution is -0.145. The Morgan fingerprint density at radius 2 is 1.96 bits per heavy atom. The second-order valence-corrected chi connectivity index (χ2v) is 7.05. The average Bonchev–Trinajstić information content (AvgIpc) is 2.97. The number of hydrogen-bond donors (Lipinski definition) is 0. The lowest BCUT2D eigenvalue weighted by atomic mass is 9.87. The van der Waals surface area contributed by atoms with Crippen LogP contribution in [0.3, 0.4) is 0 Å². The number of hydrogen-bond acceptors (Lipinski definition) is 4. The summed E-state index contributed by atoms with van der Waals surface area (Å²) in [5, 5.41) is 4.57. The minimum Gasteiger partial charge on any atom is -0.467 e. The second-order valence-electron chi connectivity index (χ2n) is 7.05. The van der Waals surface area contributed by atoms with Crippen LogP contribution in [0.4, 0.5) is 0 Å². The first-order chi connectivity index (χ1) is 10.9. The minimum absolute atomic E-state index is 0.120. The van der Waals surface area contributed by atoms with Gasteiger partial charge in [-0.1, -0.05) is 45.0 Å². The van der Waals surface area contributed by atoms with Crippen LogP contribution in [0.25, 0.3) is 11.4 Å². The molecule has 5 heteroatoms. The Labute approximate surface area is 136 Å². The first-order valence-corrected chi connectivity index (χ1v) is 8.04. The molecule has 0 saturated heterocycles. The SMILES string of the molecule is COC(=O)C1CCCc2nc(-c3ccc(C(C)(C)C)cc3)nn21. The van der Waals surface area contributed by atoms with Gasteiger partial charge in [-0.25, -0.2) is 14.5 Å². The van der Waals surface area contributed by atoms with Crippen LogP contribution in [0.15, 0.2) is 24.3 Å². The van der Waals surface area contributed by atoms with Gasteiger partial charge in [-0.2, -0.15) is 0 Å². The summed E-state index contributed by atoms with van der Waals surface area (Å²) in [4.78, 5) is 16.5. The van der Waals surface area contributed by atoms with Crippen LogP contribution >= 0.6 is 0 Å².